The van der Waals surface area contributed by atoms with E-state index in [-0.39, 0.29) is 29.8 Å². The van der Waals surface area contributed by atoms with Crippen LogP contribution in [0.15, 0.2) is 71.6 Å². The highest BCUT2D eigenvalue weighted by Crippen LogP contribution is 2.25. The number of nitrogens with one attached hydrogen (secondary N) is 2. The summed E-state index contributed by atoms with van der Waals surface area (Å²) < 4.78 is 54.8. The number of carbonyl (C=O) groups is 1. The number of rotatable bonds is 8. The van der Waals surface area contributed by atoms with Gasteiger partial charge in [0.1, 0.15) is 0 Å². The van der Waals surface area contributed by atoms with Gasteiger partial charge in [-0.3, -0.25) is 4.79 Å². The van der Waals surface area contributed by atoms with Crippen LogP contribution >= 0.6 is 0 Å². The fraction of sp³-hybridized carbons (Fsp3) is 0.261. The van der Waals surface area contributed by atoms with Crippen LogP contribution in [0.4, 0.5) is 5.69 Å². The molecule has 11 heteroatoms. The monoisotopic (exact) mass is 502 g/mol. The molecule has 2 aromatic carbocycles. The molecule has 0 bridgehead atoms. The van der Waals surface area contributed by atoms with Crippen molar-refractivity contribution in [2.24, 2.45) is 13.0 Å². The third kappa shape index (κ3) is 5.07. The van der Waals surface area contributed by atoms with E-state index in [4.69, 9.17) is 0 Å². The topological polar surface area (TPSA) is 118 Å². The number of aryl methyl sites for hydroxylation is 1. The molecule has 1 aliphatic heterocycles. The van der Waals surface area contributed by atoms with Crippen LogP contribution in [-0.4, -0.2) is 51.2 Å². The van der Waals surface area contributed by atoms with E-state index in [1.807, 2.05) is 42.1 Å². The molecule has 180 valence electrons. The molecule has 1 saturated heterocycles. The van der Waals surface area contributed by atoms with Crippen molar-refractivity contribution in [1.29, 1.82) is 0 Å². The number of aromatic nitrogens is 1. The molecule has 1 unspecified atom stereocenters. The maximum atomic E-state index is 13.0. The summed E-state index contributed by atoms with van der Waals surface area (Å²) in [5, 5.41) is 4.74. The Balaban J connectivity index is 1.41. The first kappa shape index (κ1) is 24.1. The van der Waals surface area contributed by atoms with E-state index < -0.39 is 20.0 Å². The molecule has 0 aliphatic carbocycles. The van der Waals surface area contributed by atoms with Crippen LogP contribution in [0.3, 0.4) is 0 Å². The molecule has 4 rings (SSSR count). The number of sulfonamides is 2. The maximum absolute atomic E-state index is 13.0. The SMILES string of the molecule is C=CS(=O)(=O)NCC1CCN(S(=O)(=O)c2ccc(C(=O)Nc3ccc4ccn(C)c4c3)cc2)C1. The van der Waals surface area contributed by atoms with Crippen LogP contribution in [0.2, 0.25) is 0 Å². The summed E-state index contributed by atoms with van der Waals surface area (Å²) in [5.41, 5.74) is 1.97. The molecule has 1 aliphatic rings. The van der Waals surface area contributed by atoms with Crippen molar-refractivity contribution in [1.82, 2.24) is 13.6 Å². The van der Waals surface area contributed by atoms with Crippen molar-refractivity contribution >= 4 is 42.5 Å². The number of fused-ring (bicyclic) bond motifs is 1. The van der Waals surface area contributed by atoms with Crippen LogP contribution in [0.25, 0.3) is 10.9 Å². The Morgan fingerprint density at radius 2 is 1.85 bits per heavy atom. The van der Waals surface area contributed by atoms with Gasteiger partial charge in [0.05, 0.1) is 4.90 Å². The van der Waals surface area contributed by atoms with Gasteiger partial charge in [0.15, 0.2) is 0 Å². The van der Waals surface area contributed by atoms with Gasteiger partial charge in [-0.15, -0.1) is 0 Å². The Kier molecular flexibility index (Phi) is 6.63. The lowest BCUT2D eigenvalue weighted by atomic mass is 10.1. The fourth-order valence-corrected chi connectivity index (χ4v) is 6.06. The molecule has 9 nitrogen and oxygen atoms in total. The summed E-state index contributed by atoms with van der Waals surface area (Å²) in [6.45, 7) is 3.90. The minimum Gasteiger partial charge on any atom is -0.350 e. The zero-order valence-corrected chi connectivity index (χ0v) is 20.3. The van der Waals surface area contributed by atoms with E-state index in [0.29, 0.717) is 24.2 Å². The van der Waals surface area contributed by atoms with Gasteiger partial charge in [0, 0.05) is 55.1 Å². The van der Waals surface area contributed by atoms with Gasteiger partial charge in [-0.25, -0.2) is 21.6 Å². The number of benzene rings is 2. The molecular weight excluding hydrogens is 476 g/mol. The number of hydrogen-bond donors (Lipinski definition) is 2. The predicted octanol–water partition coefficient (Wildman–Crippen LogP) is 2.50. The van der Waals surface area contributed by atoms with Crippen molar-refractivity contribution in [2.75, 3.05) is 25.0 Å². The second kappa shape index (κ2) is 9.34. The summed E-state index contributed by atoms with van der Waals surface area (Å²) in [6, 6.07) is 13.4. The number of hydrogen-bond acceptors (Lipinski definition) is 5. The Hall–Kier alpha value is -2.99. The first-order valence-corrected chi connectivity index (χ1v) is 13.7. The van der Waals surface area contributed by atoms with Gasteiger partial charge in [-0.05, 0) is 60.2 Å². The minimum atomic E-state index is -3.75. The Morgan fingerprint density at radius 1 is 1.12 bits per heavy atom. The molecule has 2 N–H and O–H groups in total. The lowest BCUT2D eigenvalue weighted by molar-refractivity contribution is 0.102. The quantitative estimate of drug-likeness (QED) is 0.491. The summed E-state index contributed by atoms with van der Waals surface area (Å²) >= 11 is 0. The third-order valence-electron chi connectivity index (χ3n) is 5.94. The summed E-state index contributed by atoms with van der Waals surface area (Å²) in [6.07, 6.45) is 2.49. The molecule has 1 aromatic heterocycles. The predicted molar refractivity (Wildman–Crippen MR) is 131 cm³/mol. The minimum absolute atomic E-state index is 0.0848. The van der Waals surface area contributed by atoms with Crippen molar-refractivity contribution in [2.45, 2.75) is 11.3 Å². The summed E-state index contributed by atoms with van der Waals surface area (Å²) in [4.78, 5) is 12.8. The van der Waals surface area contributed by atoms with Gasteiger partial charge >= 0.3 is 0 Å². The van der Waals surface area contributed by atoms with E-state index >= 15 is 0 Å². The third-order valence-corrected chi connectivity index (χ3v) is 8.83. The first-order chi connectivity index (χ1) is 16.1. The molecule has 1 amide bonds. The van der Waals surface area contributed by atoms with Crippen LogP contribution in [0, 0.1) is 5.92 Å². The second-order valence-corrected chi connectivity index (χ2v) is 11.9. The average Bonchev–Trinajstić information content (AvgIpc) is 3.45. The molecule has 1 fully saturated rings. The fourth-order valence-electron chi connectivity index (χ4n) is 3.95. The lowest BCUT2D eigenvalue weighted by Gasteiger charge is -2.17. The highest BCUT2D eigenvalue weighted by Gasteiger charge is 2.32. The van der Waals surface area contributed by atoms with Gasteiger partial charge < -0.3 is 9.88 Å². The number of nitrogens with zero attached hydrogens (tertiary/aromatic N) is 2. The van der Waals surface area contributed by atoms with Crippen LogP contribution in [0.5, 0.6) is 0 Å². The zero-order valence-electron chi connectivity index (χ0n) is 18.6. The Bertz CT molecular complexity index is 1440. The van der Waals surface area contributed by atoms with E-state index in [2.05, 4.69) is 16.6 Å². The van der Waals surface area contributed by atoms with Crippen LogP contribution in [0.1, 0.15) is 16.8 Å². The Labute approximate surface area is 199 Å². The molecular formula is C23H26N4O5S2. The number of carbonyl (C=O) groups excluding carboxylic acids is 1. The van der Waals surface area contributed by atoms with Gasteiger partial charge in [-0.2, -0.15) is 4.31 Å². The van der Waals surface area contributed by atoms with Gasteiger partial charge in [0.2, 0.25) is 20.0 Å². The normalized spacial score (nSPS) is 17.1. The molecule has 3 aromatic rings. The highest BCUT2D eigenvalue weighted by atomic mass is 32.2. The van der Waals surface area contributed by atoms with E-state index in [1.165, 1.54) is 28.6 Å². The number of amides is 1. The standard InChI is InChI=1S/C23H26N4O5S2/c1-3-33(29,30)24-15-17-10-13-27(16-17)34(31,32)21-8-5-19(6-9-21)23(28)25-20-7-4-18-11-12-26(2)22(18)14-20/h3-9,11-12,14,17,24H,1,10,13,15-16H2,2H3,(H,25,28). The maximum Gasteiger partial charge on any atom is 0.255 e. The summed E-state index contributed by atoms with van der Waals surface area (Å²) in [5.74, 6) is -0.468. The molecule has 0 spiro atoms. The van der Waals surface area contributed by atoms with Crippen LogP contribution < -0.4 is 10.0 Å². The number of anilines is 1. The largest absolute Gasteiger partial charge is 0.350 e. The van der Waals surface area contributed by atoms with Crippen molar-refractivity contribution in [3.05, 3.63) is 72.3 Å². The van der Waals surface area contributed by atoms with E-state index in [9.17, 15) is 21.6 Å². The summed E-state index contributed by atoms with van der Waals surface area (Å²) in [7, 11) is -5.38. The van der Waals surface area contributed by atoms with Gasteiger partial charge in [0.25, 0.3) is 5.91 Å². The van der Waals surface area contributed by atoms with E-state index in [0.717, 1.165) is 16.3 Å². The molecule has 2 heterocycles. The highest BCUT2D eigenvalue weighted by molar-refractivity contribution is 7.92. The molecule has 34 heavy (non-hydrogen) atoms. The molecule has 0 radical (unpaired) electrons. The second-order valence-electron chi connectivity index (χ2n) is 8.26. The van der Waals surface area contributed by atoms with Crippen LogP contribution in [-0.2, 0) is 27.1 Å². The van der Waals surface area contributed by atoms with Crippen molar-refractivity contribution in [3.63, 3.8) is 0 Å². The Morgan fingerprint density at radius 3 is 2.56 bits per heavy atom. The zero-order chi connectivity index (χ0) is 24.5. The van der Waals surface area contributed by atoms with Crippen molar-refractivity contribution in [3.8, 4) is 0 Å². The van der Waals surface area contributed by atoms with E-state index in [1.54, 1.807) is 0 Å². The smallest absolute Gasteiger partial charge is 0.255 e. The molecule has 1 atom stereocenters. The molecule has 0 saturated carbocycles. The van der Waals surface area contributed by atoms with Gasteiger partial charge in [-0.1, -0.05) is 12.6 Å². The average molecular weight is 503 g/mol. The van der Waals surface area contributed by atoms with Crippen molar-refractivity contribution < 1.29 is 21.6 Å². The lowest BCUT2D eigenvalue weighted by Crippen LogP contribution is -2.32. The first-order valence-electron chi connectivity index (χ1n) is 10.7.